The minimum Gasteiger partial charge on any atom is -0.450 e. The molecule has 1 saturated heterocycles. The van der Waals surface area contributed by atoms with Crippen LogP contribution in [-0.2, 0) is 18.0 Å². The Balaban J connectivity index is 1.29. The highest BCUT2D eigenvalue weighted by atomic mass is 35.5. The number of anilines is 2. The molecule has 4 aromatic rings. The van der Waals surface area contributed by atoms with Crippen LogP contribution in [0.3, 0.4) is 0 Å². The SMILES string of the molecule is Cn1c(Nc2cc(C(F)(F)F)n(C3CC4(COC4)C3)n2)nc2ncc(OC(=CN)c3nccnc3Cl)c(Cl)c21. The zero-order chi connectivity index (χ0) is 27.5. The number of fused-ring (bicyclic) bond motifs is 1. The van der Waals surface area contributed by atoms with E-state index in [1.165, 1.54) is 23.2 Å². The van der Waals surface area contributed by atoms with Gasteiger partial charge in [-0.05, 0) is 12.8 Å². The Morgan fingerprint density at radius 1 is 1.23 bits per heavy atom. The van der Waals surface area contributed by atoms with Crippen molar-refractivity contribution in [1.29, 1.82) is 0 Å². The lowest BCUT2D eigenvalue weighted by Crippen LogP contribution is -2.53. The first kappa shape index (κ1) is 25.6. The van der Waals surface area contributed by atoms with Crippen molar-refractivity contribution in [3.8, 4) is 5.75 Å². The molecule has 0 atom stereocenters. The Bertz CT molecular complexity index is 1610. The van der Waals surface area contributed by atoms with E-state index in [1.807, 2.05) is 0 Å². The third kappa shape index (κ3) is 4.41. The van der Waals surface area contributed by atoms with Gasteiger partial charge in [-0.1, -0.05) is 23.2 Å². The van der Waals surface area contributed by atoms with E-state index in [1.54, 1.807) is 7.05 Å². The van der Waals surface area contributed by atoms with Crippen molar-refractivity contribution in [2.75, 3.05) is 18.5 Å². The number of aromatic nitrogens is 7. The zero-order valence-electron chi connectivity index (χ0n) is 20.2. The van der Waals surface area contributed by atoms with Crippen molar-refractivity contribution in [3.63, 3.8) is 0 Å². The molecule has 16 heteroatoms. The van der Waals surface area contributed by atoms with Crippen LogP contribution in [0.5, 0.6) is 5.75 Å². The van der Waals surface area contributed by atoms with Gasteiger partial charge in [-0.2, -0.15) is 23.3 Å². The fraction of sp³-hybridized carbons (Fsp3) is 0.348. The number of pyridine rings is 1. The summed E-state index contributed by atoms with van der Waals surface area (Å²) in [7, 11) is 1.63. The highest BCUT2D eigenvalue weighted by Gasteiger charge is 2.52. The molecule has 11 nitrogen and oxygen atoms in total. The fourth-order valence-corrected chi connectivity index (χ4v) is 5.36. The first-order valence-electron chi connectivity index (χ1n) is 11.7. The second-order valence-electron chi connectivity index (χ2n) is 9.47. The normalized spacial score (nSPS) is 17.3. The molecule has 1 saturated carbocycles. The molecule has 0 unspecified atom stereocenters. The largest absolute Gasteiger partial charge is 0.450 e. The van der Waals surface area contributed by atoms with Gasteiger partial charge in [-0.25, -0.2) is 15.0 Å². The average Bonchev–Trinajstić information content (AvgIpc) is 3.39. The van der Waals surface area contributed by atoms with Crippen LogP contribution < -0.4 is 15.8 Å². The lowest BCUT2D eigenvalue weighted by Gasteiger charge is -2.53. The lowest BCUT2D eigenvalue weighted by molar-refractivity contribution is -0.182. The number of hydrogen-bond acceptors (Lipinski definition) is 9. The molecular formula is C23H20Cl2F3N9O2. The van der Waals surface area contributed by atoms with E-state index in [9.17, 15) is 13.2 Å². The molecule has 2 aliphatic rings. The molecule has 4 aromatic heterocycles. The highest BCUT2D eigenvalue weighted by Crippen LogP contribution is 2.54. The van der Waals surface area contributed by atoms with E-state index >= 15 is 0 Å². The van der Waals surface area contributed by atoms with Crippen LogP contribution in [0.4, 0.5) is 24.9 Å². The Kier molecular flexibility index (Phi) is 6.08. The van der Waals surface area contributed by atoms with Crippen molar-refractivity contribution >= 4 is 51.9 Å². The number of alkyl halides is 3. The number of nitrogens with zero attached hydrogens (tertiary/aromatic N) is 7. The first-order valence-corrected chi connectivity index (χ1v) is 12.4. The van der Waals surface area contributed by atoms with Crippen LogP contribution in [0.1, 0.15) is 30.3 Å². The summed E-state index contributed by atoms with van der Waals surface area (Å²) in [6.07, 6.45) is 1.93. The Morgan fingerprint density at radius 2 is 1.97 bits per heavy atom. The van der Waals surface area contributed by atoms with Gasteiger partial charge in [0, 0.05) is 37.1 Å². The molecule has 3 N–H and O–H groups in total. The smallest absolute Gasteiger partial charge is 0.433 e. The van der Waals surface area contributed by atoms with E-state index in [-0.39, 0.29) is 56.2 Å². The van der Waals surface area contributed by atoms with E-state index in [2.05, 4.69) is 30.4 Å². The van der Waals surface area contributed by atoms with E-state index < -0.39 is 11.9 Å². The number of imidazole rings is 1. The molecule has 6 rings (SSSR count). The van der Waals surface area contributed by atoms with Gasteiger partial charge in [0.05, 0.1) is 25.5 Å². The van der Waals surface area contributed by atoms with Crippen molar-refractivity contribution in [2.24, 2.45) is 18.2 Å². The summed E-state index contributed by atoms with van der Waals surface area (Å²) in [6.45, 7) is 1.15. The van der Waals surface area contributed by atoms with Gasteiger partial charge < -0.3 is 25.1 Å². The van der Waals surface area contributed by atoms with Crippen LogP contribution in [0.25, 0.3) is 16.9 Å². The molecule has 5 heterocycles. The fourth-order valence-electron chi connectivity index (χ4n) is 4.86. The van der Waals surface area contributed by atoms with E-state index in [0.29, 0.717) is 31.6 Å². The number of hydrogen-bond donors (Lipinski definition) is 2. The van der Waals surface area contributed by atoms with Crippen LogP contribution >= 0.6 is 23.2 Å². The summed E-state index contributed by atoms with van der Waals surface area (Å²) in [5, 5.41) is 7.30. The monoisotopic (exact) mass is 581 g/mol. The molecule has 0 bridgehead atoms. The van der Waals surface area contributed by atoms with Gasteiger partial charge >= 0.3 is 6.18 Å². The van der Waals surface area contributed by atoms with E-state index in [4.69, 9.17) is 38.4 Å². The molecule has 1 spiro atoms. The number of nitrogens with one attached hydrogen (secondary N) is 1. The average molecular weight is 582 g/mol. The van der Waals surface area contributed by atoms with Gasteiger partial charge in [0.2, 0.25) is 5.95 Å². The topological polar surface area (TPSA) is 131 Å². The maximum Gasteiger partial charge on any atom is 0.433 e. The number of aryl methyl sites for hydroxylation is 1. The molecule has 1 aliphatic carbocycles. The predicted molar refractivity (Wildman–Crippen MR) is 135 cm³/mol. The standard InChI is InChI=1S/C23H20Cl2F3N9O2/c1-36-18-16(24)13(39-12(7-29)17-19(25)31-3-2-30-17)8-32-20(18)34-21(36)33-15-4-14(23(26,27)28)37(35-15)11-5-22(6-11)9-38-10-22/h2-4,7-8,11H,5-6,9-10,29H2,1H3,(H,32,33,34,35). The zero-order valence-corrected chi connectivity index (χ0v) is 21.7. The highest BCUT2D eigenvalue weighted by molar-refractivity contribution is 6.36. The quantitative estimate of drug-likeness (QED) is 0.311. The first-order chi connectivity index (χ1) is 18.6. The summed E-state index contributed by atoms with van der Waals surface area (Å²) in [5.74, 6) is 0.386. The van der Waals surface area contributed by atoms with Crippen molar-refractivity contribution < 1.29 is 22.6 Å². The van der Waals surface area contributed by atoms with Crippen LogP contribution in [0, 0.1) is 5.41 Å². The van der Waals surface area contributed by atoms with Gasteiger partial charge in [-0.15, -0.1) is 0 Å². The molecule has 0 radical (unpaired) electrons. The van der Waals surface area contributed by atoms with E-state index in [0.717, 1.165) is 16.9 Å². The van der Waals surface area contributed by atoms with Crippen molar-refractivity contribution in [2.45, 2.75) is 25.1 Å². The van der Waals surface area contributed by atoms with Gasteiger partial charge in [0.25, 0.3) is 0 Å². The summed E-state index contributed by atoms with van der Waals surface area (Å²) >= 11 is 12.7. The number of rotatable bonds is 6. The molecule has 204 valence electrons. The Labute approximate surface area is 228 Å². The van der Waals surface area contributed by atoms with Crippen molar-refractivity contribution in [3.05, 3.63) is 52.4 Å². The number of halogens is 5. The minimum absolute atomic E-state index is 0.00946. The summed E-state index contributed by atoms with van der Waals surface area (Å²) < 4.78 is 55.1. The minimum atomic E-state index is -4.57. The molecule has 0 aromatic carbocycles. The molecule has 2 fully saturated rings. The van der Waals surface area contributed by atoms with Crippen LogP contribution in [0.2, 0.25) is 10.2 Å². The summed E-state index contributed by atoms with van der Waals surface area (Å²) in [6, 6.07) is 0.610. The maximum absolute atomic E-state index is 13.8. The number of nitrogens with two attached hydrogens (primary N) is 1. The third-order valence-electron chi connectivity index (χ3n) is 6.83. The van der Waals surface area contributed by atoms with Gasteiger partial charge in [0.1, 0.15) is 21.9 Å². The van der Waals surface area contributed by atoms with Gasteiger partial charge in [0.15, 0.2) is 28.1 Å². The Hall–Kier alpha value is -3.62. The molecule has 1 aliphatic heterocycles. The van der Waals surface area contributed by atoms with Crippen LogP contribution in [0.15, 0.2) is 30.9 Å². The van der Waals surface area contributed by atoms with Crippen LogP contribution in [-0.4, -0.2) is 47.5 Å². The third-order valence-corrected chi connectivity index (χ3v) is 7.47. The van der Waals surface area contributed by atoms with Crippen molar-refractivity contribution in [1.82, 2.24) is 34.3 Å². The lowest BCUT2D eigenvalue weighted by atomic mass is 9.64. The number of ether oxygens (including phenoxy) is 2. The van der Waals surface area contributed by atoms with Gasteiger partial charge in [-0.3, -0.25) is 4.68 Å². The second kappa shape index (κ2) is 9.24. The maximum atomic E-state index is 13.8. The molecular weight excluding hydrogens is 562 g/mol. The summed E-state index contributed by atoms with van der Waals surface area (Å²) in [4.78, 5) is 16.7. The molecule has 0 amide bonds. The Morgan fingerprint density at radius 3 is 2.62 bits per heavy atom. The second-order valence-corrected chi connectivity index (χ2v) is 10.2. The molecule has 39 heavy (non-hydrogen) atoms. The summed E-state index contributed by atoms with van der Waals surface area (Å²) in [5.41, 5.74) is 5.64. The predicted octanol–water partition coefficient (Wildman–Crippen LogP) is 4.71.